The summed E-state index contributed by atoms with van der Waals surface area (Å²) in [6, 6.07) is 16.3. The molecule has 0 aliphatic carbocycles. The molecule has 3 heterocycles. The van der Waals surface area contributed by atoms with Gasteiger partial charge >= 0.3 is 0 Å². The largest absolute Gasteiger partial charge is 0.495 e. The summed E-state index contributed by atoms with van der Waals surface area (Å²) in [5, 5.41) is 3.99. The van der Waals surface area contributed by atoms with E-state index in [9.17, 15) is 22.4 Å². The maximum atomic E-state index is 13.7. The summed E-state index contributed by atoms with van der Waals surface area (Å²) in [6.07, 6.45) is 1.38. The molecule has 0 unspecified atom stereocenters. The fraction of sp³-hybridized carbons (Fsp3) is 0.273. The van der Waals surface area contributed by atoms with Crippen molar-refractivity contribution in [2.45, 2.75) is 25.7 Å². The van der Waals surface area contributed by atoms with Gasteiger partial charge in [-0.3, -0.25) is 14.3 Å². The van der Waals surface area contributed by atoms with Gasteiger partial charge in [-0.2, -0.15) is 0 Å². The molecule has 5 aromatic rings. The Balaban J connectivity index is 1.43. The highest BCUT2D eigenvalue weighted by Crippen LogP contribution is 2.41. The Morgan fingerprint density at radius 1 is 1.13 bits per heavy atom. The van der Waals surface area contributed by atoms with E-state index in [2.05, 4.69) is 15.0 Å². The molecular formula is C33H33FN4O6S. The lowest BCUT2D eigenvalue weighted by atomic mass is 9.88. The molecule has 45 heavy (non-hydrogen) atoms. The van der Waals surface area contributed by atoms with Crippen LogP contribution < -0.4 is 14.8 Å². The summed E-state index contributed by atoms with van der Waals surface area (Å²) in [7, 11) is -0.608. The Morgan fingerprint density at radius 2 is 1.91 bits per heavy atom. The third kappa shape index (κ3) is 5.73. The zero-order valence-electron chi connectivity index (χ0n) is 25.1. The summed E-state index contributed by atoms with van der Waals surface area (Å²) in [4.78, 5) is 31.9. The molecule has 0 bridgehead atoms. The lowest BCUT2D eigenvalue weighted by Gasteiger charge is -2.33. The summed E-state index contributed by atoms with van der Waals surface area (Å²) < 4.78 is 53.6. The topological polar surface area (TPSA) is 134 Å². The van der Waals surface area contributed by atoms with Crippen LogP contribution in [0.5, 0.6) is 5.75 Å². The van der Waals surface area contributed by atoms with E-state index >= 15 is 0 Å². The molecule has 1 aliphatic heterocycles. The van der Waals surface area contributed by atoms with Gasteiger partial charge in [0.1, 0.15) is 28.6 Å². The van der Waals surface area contributed by atoms with Crippen molar-refractivity contribution in [2.75, 3.05) is 37.7 Å². The number of likely N-dealkylation sites (tertiary alicyclic amines) is 1. The number of hydrogen-bond donors (Lipinski definition) is 3. The number of hydrogen-bond acceptors (Lipinski definition) is 6. The van der Waals surface area contributed by atoms with Gasteiger partial charge < -0.3 is 24.4 Å². The van der Waals surface area contributed by atoms with Crippen LogP contribution in [-0.2, 0) is 10.0 Å². The second-order valence-electron chi connectivity index (χ2n) is 11.0. The number of ether oxygens (including phenoxy) is 1. The van der Waals surface area contributed by atoms with Crippen molar-refractivity contribution in [1.29, 1.82) is 0 Å². The maximum Gasteiger partial charge on any atom is 0.270 e. The summed E-state index contributed by atoms with van der Waals surface area (Å²) >= 11 is 0. The molecule has 3 aromatic carbocycles. The van der Waals surface area contributed by atoms with Crippen LogP contribution >= 0.6 is 0 Å². The van der Waals surface area contributed by atoms with Gasteiger partial charge in [0.15, 0.2) is 0 Å². The van der Waals surface area contributed by atoms with Crippen molar-refractivity contribution in [2.24, 2.45) is 0 Å². The Hall–Kier alpha value is -4.84. The molecule has 0 spiro atoms. The fourth-order valence-corrected chi connectivity index (χ4v) is 6.64. The molecule has 6 rings (SSSR count). The van der Waals surface area contributed by atoms with Gasteiger partial charge in [-0.1, -0.05) is 12.1 Å². The van der Waals surface area contributed by atoms with Gasteiger partial charge in [-0.15, -0.1) is 0 Å². The first kappa shape index (κ1) is 30.2. The predicted molar refractivity (Wildman–Crippen MR) is 171 cm³/mol. The number of aromatic amines is 1. The van der Waals surface area contributed by atoms with E-state index in [0.717, 1.165) is 10.9 Å². The van der Waals surface area contributed by atoms with E-state index in [0.29, 0.717) is 65.2 Å². The van der Waals surface area contributed by atoms with E-state index < -0.39 is 21.7 Å². The third-order valence-electron chi connectivity index (χ3n) is 8.28. The maximum absolute atomic E-state index is 13.7. The van der Waals surface area contributed by atoms with Gasteiger partial charge in [-0.05, 0) is 67.8 Å². The van der Waals surface area contributed by atoms with Crippen molar-refractivity contribution >= 4 is 49.4 Å². The Morgan fingerprint density at radius 3 is 2.62 bits per heavy atom. The van der Waals surface area contributed by atoms with Crippen LogP contribution in [0, 0.1) is 5.82 Å². The van der Waals surface area contributed by atoms with E-state index in [4.69, 9.17) is 9.15 Å². The van der Waals surface area contributed by atoms with Gasteiger partial charge in [0.2, 0.25) is 10.0 Å². The minimum atomic E-state index is -3.69. The smallest absolute Gasteiger partial charge is 0.270 e. The third-order valence-corrected chi connectivity index (χ3v) is 9.57. The number of para-hydroxylation sites is 1. The van der Waals surface area contributed by atoms with Gasteiger partial charge in [0, 0.05) is 48.5 Å². The fourth-order valence-electron chi connectivity index (χ4n) is 5.98. The SMILES string of the molecule is CCS(=O)(=O)Nc1cc2oc(-c3ccc(F)cc3)c(C(=O)NC)c2cc1[C@@H]1CCCN(C(=O)c2cc3cccc(OC)c3[nH]2)C1. The number of nitrogens with one attached hydrogen (secondary N) is 3. The number of nitrogens with zero attached hydrogens (tertiary/aromatic N) is 1. The molecule has 2 aromatic heterocycles. The second-order valence-corrected chi connectivity index (χ2v) is 13.0. The second kappa shape index (κ2) is 11.9. The van der Waals surface area contributed by atoms with Crippen LogP contribution in [0.1, 0.15) is 52.1 Å². The van der Waals surface area contributed by atoms with Crippen LogP contribution in [0.3, 0.4) is 0 Å². The molecule has 1 atom stereocenters. The van der Waals surface area contributed by atoms with Crippen molar-refractivity contribution in [1.82, 2.24) is 15.2 Å². The summed E-state index contributed by atoms with van der Waals surface area (Å²) in [5.41, 5.74) is 3.17. The van der Waals surface area contributed by atoms with Crippen LogP contribution in [0.2, 0.25) is 0 Å². The molecule has 2 amide bonds. The number of halogens is 1. The van der Waals surface area contributed by atoms with E-state index in [-0.39, 0.29) is 28.9 Å². The highest BCUT2D eigenvalue weighted by atomic mass is 32.2. The number of sulfonamides is 1. The highest BCUT2D eigenvalue weighted by Gasteiger charge is 2.31. The lowest BCUT2D eigenvalue weighted by molar-refractivity contribution is 0.0702. The number of rotatable bonds is 8. The number of carbonyl (C=O) groups excluding carboxylic acids is 2. The average molecular weight is 633 g/mol. The standard InChI is InChI=1S/C33H33FN4O6S/c1-4-45(41,42)37-25-17-28-24(29(32(39)35-2)31(44-28)19-10-12-22(34)13-11-19)16-23(25)21-8-6-14-38(18-21)33(40)26-15-20-7-5-9-27(43-3)30(20)36-26/h5,7,9-13,15-17,21,36-37H,4,6,8,14,18H2,1-3H3,(H,35,39)/t21-/m1/s1. The number of H-pyrrole nitrogens is 1. The molecule has 0 saturated carbocycles. The number of benzene rings is 3. The number of piperidine rings is 1. The molecule has 0 radical (unpaired) electrons. The van der Waals surface area contributed by atoms with Crippen molar-refractivity contribution in [3.05, 3.63) is 83.3 Å². The first-order valence-electron chi connectivity index (χ1n) is 14.7. The van der Waals surface area contributed by atoms with Gasteiger partial charge in [0.25, 0.3) is 11.8 Å². The average Bonchev–Trinajstić information content (AvgIpc) is 3.65. The number of anilines is 1. The molecule has 1 saturated heterocycles. The molecule has 10 nitrogen and oxygen atoms in total. The van der Waals surface area contributed by atoms with Gasteiger partial charge in [-0.25, -0.2) is 12.8 Å². The Bertz CT molecular complexity index is 2030. The number of fused-ring (bicyclic) bond motifs is 2. The number of furan rings is 1. The van der Waals surface area contributed by atoms with Crippen molar-refractivity contribution in [3.8, 4) is 17.1 Å². The predicted octanol–water partition coefficient (Wildman–Crippen LogP) is 5.87. The molecular weight excluding hydrogens is 599 g/mol. The van der Waals surface area contributed by atoms with Crippen LogP contribution in [0.15, 0.2) is 65.1 Å². The van der Waals surface area contributed by atoms with Crippen molar-refractivity contribution < 1.29 is 31.6 Å². The number of methoxy groups -OCH3 is 1. The first-order valence-corrected chi connectivity index (χ1v) is 16.3. The molecule has 1 fully saturated rings. The number of carbonyl (C=O) groups is 2. The van der Waals surface area contributed by atoms with Crippen LogP contribution in [0.25, 0.3) is 33.2 Å². The quantitative estimate of drug-likeness (QED) is 0.196. The monoisotopic (exact) mass is 632 g/mol. The molecule has 12 heteroatoms. The minimum Gasteiger partial charge on any atom is -0.495 e. The zero-order chi connectivity index (χ0) is 31.9. The van der Waals surface area contributed by atoms with Gasteiger partial charge in [0.05, 0.1) is 29.6 Å². The Labute approximate surface area is 259 Å². The Kier molecular flexibility index (Phi) is 8.00. The first-order chi connectivity index (χ1) is 21.6. The van der Waals surface area contributed by atoms with E-state index in [1.807, 2.05) is 18.2 Å². The summed E-state index contributed by atoms with van der Waals surface area (Å²) in [6.45, 7) is 2.40. The van der Waals surface area contributed by atoms with Crippen molar-refractivity contribution in [3.63, 3.8) is 0 Å². The molecule has 234 valence electrons. The molecule has 3 N–H and O–H groups in total. The van der Waals surface area contributed by atoms with E-state index in [1.165, 1.54) is 31.3 Å². The lowest BCUT2D eigenvalue weighted by Crippen LogP contribution is -2.39. The number of amides is 2. The molecule has 1 aliphatic rings. The van der Waals surface area contributed by atoms with E-state index in [1.54, 1.807) is 37.1 Å². The van der Waals surface area contributed by atoms with Crippen LogP contribution in [0.4, 0.5) is 10.1 Å². The number of aromatic nitrogens is 1. The summed E-state index contributed by atoms with van der Waals surface area (Å²) in [5.74, 6) is -0.540. The minimum absolute atomic E-state index is 0.147. The van der Waals surface area contributed by atoms with Crippen LogP contribution in [-0.4, -0.2) is 63.1 Å². The highest BCUT2D eigenvalue weighted by molar-refractivity contribution is 7.92. The zero-order valence-corrected chi connectivity index (χ0v) is 25.9. The normalized spacial score (nSPS) is 15.4.